The number of nitrogens with one attached hydrogen (secondary N) is 1. The first-order valence-corrected chi connectivity index (χ1v) is 12.8. The highest BCUT2D eigenvalue weighted by atomic mass is 16.3. The lowest BCUT2D eigenvalue weighted by molar-refractivity contribution is -0.144. The molecule has 0 spiro atoms. The number of Topliss-reactive ketones (excluding diaryl/α,β-unsaturated/α-hetero) is 2. The number of hydrogen-bond donors (Lipinski definition) is 6. The fourth-order valence-corrected chi connectivity index (χ4v) is 6.72. The number of allylic oxidation sites excluding steroid dienone is 2. The minimum atomic E-state index is -2.57. The second-order valence-electron chi connectivity index (χ2n) is 10.7. The number of nitrogens with two attached hydrogens (primary N) is 1. The summed E-state index contributed by atoms with van der Waals surface area (Å²) in [5.41, 5.74) is 4.03. The summed E-state index contributed by atoms with van der Waals surface area (Å²) in [4.78, 5) is 41.2. The number of anilines is 1. The summed E-state index contributed by atoms with van der Waals surface area (Å²) in [6, 6.07) is 5.80. The highest BCUT2D eigenvalue weighted by Crippen LogP contribution is 2.53. The van der Waals surface area contributed by atoms with E-state index in [0.29, 0.717) is 16.6 Å². The Bertz CT molecular complexity index is 1520. The standard InChI is InChI=1S/C28H29N3O7/c1-30-22-15-4-3-12(11-31-5-2-6-31)7-16(15)23(33)20-17(22)9-13-8-14-10-18(32)21(27(29)37)26(36)28(14,38)25(35)19(13)24(20)34/h3-4,7,13-14,30,32-33,35,38H,2,5-6,8-11H2,1H3,(H2,29,37)/t13?,14-,28-/m0/s1. The lowest BCUT2D eigenvalue weighted by Gasteiger charge is -2.45. The molecule has 2 aromatic rings. The van der Waals surface area contributed by atoms with Gasteiger partial charge >= 0.3 is 0 Å². The van der Waals surface area contributed by atoms with Gasteiger partial charge in [-0.3, -0.25) is 19.3 Å². The van der Waals surface area contributed by atoms with Gasteiger partial charge in [-0.25, -0.2) is 0 Å². The topological polar surface area (TPSA) is 173 Å². The molecular formula is C28H29N3O7. The maximum Gasteiger partial charge on any atom is 0.255 e. The number of aliphatic hydroxyl groups excluding tert-OH is 2. The quantitative estimate of drug-likeness (QED) is 0.261. The van der Waals surface area contributed by atoms with Crippen LogP contribution in [0.15, 0.2) is 40.9 Å². The number of amides is 1. The zero-order valence-corrected chi connectivity index (χ0v) is 20.9. The van der Waals surface area contributed by atoms with Crippen molar-refractivity contribution in [3.05, 3.63) is 57.6 Å². The number of likely N-dealkylation sites (tertiary alicyclic amines) is 1. The molecule has 1 aliphatic heterocycles. The van der Waals surface area contributed by atoms with Crippen LogP contribution in [-0.2, 0) is 22.6 Å². The smallest absolute Gasteiger partial charge is 0.255 e. The summed E-state index contributed by atoms with van der Waals surface area (Å²) in [5, 5.41) is 48.8. The predicted octanol–water partition coefficient (Wildman–Crippen LogP) is 1.98. The van der Waals surface area contributed by atoms with E-state index in [1.807, 2.05) is 18.2 Å². The maximum atomic E-state index is 13.9. The first kappa shape index (κ1) is 24.4. The van der Waals surface area contributed by atoms with Gasteiger partial charge in [0.2, 0.25) is 5.78 Å². The average Bonchev–Trinajstić information content (AvgIpc) is 2.84. The minimum absolute atomic E-state index is 0.0135. The summed E-state index contributed by atoms with van der Waals surface area (Å²) in [6.07, 6.45) is 1.25. The van der Waals surface area contributed by atoms with Crippen molar-refractivity contribution in [3.63, 3.8) is 0 Å². The largest absolute Gasteiger partial charge is 0.511 e. The maximum absolute atomic E-state index is 13.9. The van der Waals surface area contributed by atoms with E-state index in [2.05, 4.69) is 10.2 Å². The van der Waals surface area contributed by atoms with Gasteiger partial charge in [0.25, 0.3) is 5.91 Å². The molecule has 10 heteroatoms. The van der Waals surface area contributed by atoms with Gasteiger partial charge in [-0.1, -0.05) is 12.1 Å². The molecule has 0 aromatic heterocycles. The van der Waals surface area contributed by atoms with Crippen molar-refractivity contribution < 1.29 is 34.8 Å². The number of aromatic hydroxyl groups is 1. The number of primary amides is 1. The molecule has 4 aliphatic rings. The van der Waals surface area contributed by atoms with Crippen molar-refractivity contribution in [2.45, 2.75) is 37.8 Å². The molecule has 3 aliphatic carbocycles. The van der Waals surface area contributed by atoms with Gasteiger partial charge in [-0.15, -0.1) is 0 Å². The zero-order valence-electron chi connectivity index (χ0n) is 20.9. The van der Waals surface area contributed by atoms with Gasteiger partial charge in [0.15, 0.2) is 11.4 Å². The van der Waals surface area contributed by atoms with E-state index < -0.39 is 52.0 Å². The lowest BCUT2D eigenvalue weighted by Crippen LogP contribution is -2.57. The molecule has 0 radical (unpaired) electrons. The van der Waals surface area contributed by atoms with Crippen molar-refractivity contribution in [1.82, 2.24) is 4.90 Å². The summed E-state index contributed by atoms with van der Waals surface area (Å²) in [7, 11) is 1.74. The van der Waals surface area contributed by atoms with Gasteiger partial charge in [0.1, 0.15) is 22.8 Å². The number of fused-ring (bicyclic) bond motifs is 4. The molecule has 6 rings (SSSR count). The van der Waals surface area contributed by atoms with Crippen LogP contribution in [0.5, 0.6) is 5.75 Å². The molecule has 1 heterocycles. The molecule has 3 atom stereocenters. The number of phenolic OH excluding ortho intramolecular Hbond substituents is 1. The summed E-state index contributed by atoms with van der Waals surface area (Å²) < 4.78 is 0. The monoisotopic (exact) mass is 519 g/mol. The summed E-state index contributed by atoms with van der Waals surface area (Å²) in [5.74, 6) is -6.28. The number of aliphatic hydroxyl groups is 3. The Morgan fingerprint density at radius 1 is 1.16 bits per heavy atom. The third kappa shape index (κ3) is 3.16. The third-order valence-electron chi connectivity index (χ3n) is 8.71. The number of carbonyl (C=O) groups is 3. The SMILES string of the molecule is CNc1c2c(c(O)c3cc(CN4CCC4)ccc13)C(=O)C1=C(O)[C@]3(O)C(=O)C(C(N)=O)=C(O)C[C@@H]3CC1C2. The fraction of sp³-hybridized carbons (Fsp3) is 0.393. The van der Waals surface area contributed by atoms with Crippen LogP contribution in [0.4, 0.5) is 5.69 Å². The molecule has 2 aromatic carbocycles. The Labute approximate surface area is 218 Å². The highest BCUT2D eigenvalue weighted by molar-refractivity contribution is 6.25. The molecule has 0 saturated carbocycles. The number of rotatable bonds is 4. The fourth-order valence-electron chi connectivity index (χ4n) is 6.72. The van der Waals surface area contributed by atoms with Gasteiger partial charge in [0, 0.05) is 48.0 Å². The van der Waals surface area contributed by atoms with E-state index in [0.717, 1.165) is 37.0 Å². The zero-order chi connectivity index (χ0) is 27.1. The van der Waals surface area contributed by atoms with Gasteiger partial charge in [-0.2, -0.15) is 0 Å². The number of benzene rings is 2. The molecule has 1 fully saturated rings. The van der Waals surface area contributed by atoms with E-state index in [1.165, 1.54) is 0 Å². The Hall–Kier alpha value is -3.89. The molecule has 1 saturated heterocycles. The second kappa shape index (κ2) is 8.31. The van der Waals surface area contributed by atoms with E-state index in [4.69, 9.17) is 5.73 Å². The van der Waals surface area contributed by atoms with Crippen LogP contribution >= 0.6 is 0 Å². The average molecular weight is 520 g/mol. The first-order chi connectivity index (χ1) is 18.1. The molecule has 1 unspecified atom stereocenters. The van der Waals surface area contributed by atoms with Crippen LogP contribution in [0.25, 0.3) is 10.8 Å². The predicted molar refractivity (Wildman–Crippen MR) is 138 cm³/mol. The van der Waals surface area contributed by atoms with Gasteiger partial charge < -0.3 is 31.5 Å². The van der Waals surface area contributed by atoms with Crippen LogP contribution < -0.4 is 11.1 Å². The summed E-state index contributed by atoms with van der Waals surface area (Å²) in [6.45, 7) is 2.75. The molecule has 7 N–H and O–H groups in total. The Balaban J connectivity index is 1.52. The van der Waals surface area contributed by atoms with E-state index >= 15 is 0 Å². The number of ketones is 2. The number of phenols is 1. The Morgan fingerprint density at radius 2 is 1.89 bits per heavy atom. The summed E-state index contributed by atoms with van der Waals surface area (Å²) >= 11 is 0. The van der Waals surface area contributed by atoms with Crippen molar-refractivity contribution in [1.29, 1.82) is 0 Å². The van der Waals surface area contributed by atoms with E-state index in [-0.39, 0.29) is 36.1 Å². The van der Waals surface area contributed by atoms with Crippen LogP contribution in [0.3, 0.4) is 0 Å². The minimum Gasteiger partial charge on any atom is -0.511 e. The number of carbonyl (C=O) groups excluding carboxylic acids is 3. The lowest BCUT2D eigenvalue weighted by atomic mass is 9.60. The molecular weight excluding hydrogens is 490 g/mol. The van der Waals surface area contributed by atoms with Crippen LogP contribution in [0, 0.1) is 11.8 Å². The number of hydrogen-bond acceptors (Lipinski definition) is 9. The molecule has 38 heavy (non-hydrogen) atoms. The molecule has 10 nitrogen and oxygen atoms in total. The van der Waals surface area contributed by atoms with Crippen LogP contribution in [-0.4, -0.2) is 68.5 Å². The van der Waals surface area contributed by atoms with E-state index in [9.17, 15) is 34.8 Å². The Kier molecular flexibility index (Phi) is 5.34. The highest BCUT2D eigenvalue weighted by Gasteiger charge is 2.59. The van der Waals surface area contributed by atoms with Crippen molar-refractivity contribution >= 4 is 33.9 Å². The normalized spacial score (nSPS) is 27.1. The van der Waals surface area contributed by atoms with Gasteiger partial charge in [0.05, 0.1) is 5.56 Å². The van der Waals surface area contributed by atoms with Crippen molar-refractivity contribution in [3.8, 4) is 5.75 Å². The van der Waals surface area contributed by atoms with Crippen LogP contribution in [0.1, 0.15) is 40.7 Å². The second-order valence-corrected chi connectivity index (χ2v) is 10.7. The molecule has 198 valence electrons. The van der Waals surface area contributed by atoms with Gasteiger partial charge in [-0.05, 0) is 55.5 Å². The number of nitrogens with zero attached hydrogens (tertiary/aromatic N) is 1. The van der Waals surface area contributed by atoms with Crippen molar-refractivity contribution in [2.24, 2.45) is 17.6 Å². The Morgan fingerprint density at radius 3 is 2.53 bits per heavy atom. The third-order valence-corrected chi connectivity index (χ3v) is 8.71. The molecule has 1 amide bonds. The van der Waals surface area contributed by atoms with E-state index in [1.54, 1.807) is 7.05 Å². The first-order valence-electron chi connectivity index (χ1n) is 12.8. The molecule has 0 bridgehead atoms. The van der Waals surface area contributed by atoms with Crippen molar-refractivity contribution in [2.75, 3.05) is 25.5 Å². The van der Waals surface area contributed by atoms with Crippen LogP contribution in [0.2, 0.25) is 0 Å².